The van der Waals surface area contributed by atoms with Gasteiger partial charge in [-0.1, -0.05) is 0 Å². The van der Waals surface area contributed by atoms with E-state index >= 15 is 0 Å². The van der Waals surface area contributed by atoms with Crippen molar-refractivity contribution in [3.8, 4) is 0 Å². The predicted molar refractivity (Wildman–Crippen MR) is 179 cm³/mol. The van der Waals surface area contributed by atoms with Gasteiger partial charge in [0.15, 0.2) is 59.0 Å². The fraction of sp³-hybridized carbons (Fsp3) is 1.00. The topological polar surface area (TPSA) is 452 Å². The van der Waals surface area contributed by atoms with Crippen molar-refractivity contribution in [2.45, 2.75) is 53.2 Å². The van der Waals surface area contributed by atoms with Gasteiger partial charge < -0.3 is 45.2 Å². The van der Waals surface area contributed by atoms with Crippen LogP contribution in [0.4, 0.5) is 0 Å². The molecule has 35 heteroatoms. The zero-order chi connectivity index (χ0) is 44.5. The smallest absolute Gasteiger partial charge is 0.327 e. The van der Waals surface area contributed by atoms with Gasteiger partial charge in [0.25, 0.3) is 29.9 Å². The zero-order valence-electron chi connectivity index (χ0n) is 29.2. The van der Waals surface area contributed by atoms with E-state index in [1.54, 1.807) is 0 Å². The van der Waals surface area contributed by atoms with Gasteiger partial charge in [-0.3, -0.25) is 4.74 Å². The van der Waals surface area contributed by atoms with Crippen LogP contribution in [0.25, 0.3) is 0 Å². The molecular weight excluding hydrogens is 929 g/mol. The number of rotatable bonds is 14. The first-order valence-corrected chi connectivity index (χ1v) is 28.8. The Morgan fingerprint density at radius 2 is 1.02 bits per heavy atom. The van der Waals surface area contributed by atoms with E-state index < -0.39 is 189 Å². The van der Waals surface area contributed by atoms with Crippen LogP contribution < -0.4 is 0 Å². The molecule has 0 saturated carbocycles. The molecule has 55 heavy (non-hydrogen) atoms. The molecule has 2 fully saturated rings. The lowest BCUT2D eigenvalue weighted by Gasteiger charge is -2.66. The summed E-state index contributed by atoms with van der Waals surface area (Å²) in [4.78, 5) is -25.1. The summed E-state index contributed by atoms with van der Waals surface area (Å²) in [5.41, 5.74) is 0. The molecule has 0 amide bonds. The minimum atomic E-state index is -7.16. The molecule has 0 aromatic carbocycles. The van der Waals surface area contributed by atoms with E-state index in [2.05, 4.69) is 4.18 Å². The Labute approximate surface area is 315 Å². The summed E-state index contributed by atoms with van der Waals surface area (Å²) in [5, 5.41) is 72.4. The van der Waals surface area contributed by atoms with Gasteiger partial charge in [-0.05, 0) is 0 Å². The summed E-state index contributed by atoms with van der Waals surface area (Å²) in [7, 11) is -54.9. The molecule has 1 unspecified atom stereocenters. The summed E-state index contributed by atoms with van der Waals surface area (Å²) in [6.45, 7) is -3.75. The Hall–Kier alpha value is -0.840. The van der Waals surface area contributed by atoms with E-state index in [0.717, 1.165) is 0 Å². The molecule has 2 heterocycles. The summed E-state index contributed by atoms with van der Waals surface area (Å²) in [6, 6.07) is 0. The highest BCUT2D eigenvalue weighted by Crippen LogP contribution is 2.68. The second-order valence-corrected chi connectivity index (χ2v) is 29.5. The highest BCUT2D eigenvalue weighted by Gasteiger charge is 3.03. The fourth-order valence-electron chi connectivity index (χ4n) is 6.40. The van der Waals surface area contributed by atoms with Gasteiger partial charge in [0.2, 0.25) is 15.6 Å². The summed E-state index contributed by atoms with van der Waals surface area (Å²) in [6.07, 6.45) is -12.5. The van der Waals surface area contributed by atoms with Crippen molar-refractivity contribution in [1.29, 1.82) is 0 Å². The maximum atomic E-state index is 14.3. The highest BCUT2D eigenvalue weighted by molar-refractivity contribution is 8.11. The third kappa shape index (κ3) is 6.25. The second-order valence-electron chi connectivity index (χ2n) is 12.8. The first kappa shape index (κ1) is 50.3. The van der Waals surface area contributed by atoms with Crippen molar-refractivity contribution >= 4 is 79.0 Å². The van der Waals surface area contributed by atoms with E-state index in [4.69, 9.17) is 14.2 Å². The summed E-state index contributed by atoms with van der Waals surface area (Å²) >= 11 is 0. The molecule has 2 aliphatic rings. The van der Waals surface area contributed by atoms with Gasteiger partial charge in [0.1, 0.15) is 24.9 Å². The average Bonchev–Trinajstić information content (AvgIpc) is 3.16. The third-order valence-corrected chi connectivity index (χ3v) is 22.5. The predicted octanol–water partition coefficient (Wildman–Crippen LogP) is -9.81. The molecule has 0 aromatic heterocycles. The van der Waals surface area contributed by atoms with Crippen molar-refractivity contribution in [3.05, 3.63) is 0 Å². The number of ether oxygens (including phenoxy) is 3. The molecular formula is C20H38O27S8. The van der Waals surface area contributed by atoms with Crippen LogP contribution in [0.1, 0.15) is 0 Å². The van der Waals surface area contributed by atoms with E-state index in [1.165, 1.54) is 0 Å². The Bertz CT molecular complexity index is 2480. The van der Waals surface area contributed by atoms with Gasteiger partial charge in [-0.2, -0.15) is 8.42 Å². The van der Waals surface area contributed by atoms with Gasteiger partial charge in [-0.15, -0.1) is 0 Å². The fourth-order valence-corrected chi connectivity index (χ4v) is 23.9. The minimum Gasteiger partial charge on any atom is -0.394 e. The van der Waals surface area contributed by atoms with Crippen molar-refractivity contribution in [3.63, 3.8) is 0 Å². The molecule has 7 N–H and O–H groups in total. The van der Waals surface area contributed by atoms with Crippen LogP contribution in [0.15, 0.2) is 0 Å². The van der Waals surface area contributed by atoms with Crippen LogP contribution >= 0.6 is 0 Å². The molecule has 2 rings (SSSR count). The van der Waals surface area contributed by atoms with Crippen LogP contribution in [0.5, 0.6) is 0 Å². The number of hydrogen-bond donors (Lipinski definition) is 7. The summed E-state index contributed by atoms with van der Waals surface area (Å²) < 4.78 is 235. The maximum absolute atomic E-state index is 14.3. The van der Waals surface area contributed by atoms with Crippen LogP contribution in [-0.4, -0.2) is 220 Å². The van der Waals surface area contributed by atoms with Crippen molar-refractivity contribution in [1.82, 2.24) is 0 Å². The number of hydrogen-bond acceptors (Lipinski definition) is 27. The monoisotopic (exact) mass is 966 g/mol. The van der Waals surface area contributed by atoms with Gasteiger partial charge in [0.05, 0.1) is 12.9 Å². The minimum absolute atomic E-state index is 0.371. The Balaban J connectivity index is 4.14. The molecule has 0 bridgehead atoms. The van der Waals surface area contributed by atoms with Gasteiger partial charge in [0, 0.05) is 43.8 Å². The molecule has 328 valence electrons. The SMILES string of the molecule is CS(=O)(=O)O[C@@]1(S(C)(=O)=O)[C@@](O)(S(C)(=O)=O)[C@](O)(S(C)(=O)=O)[C@@](OC2(CO)O[C@H](CO)[C@@H](O)[C@@H]2O)(S(C)(=O)=O)O[C@@]1(C(O)(S(C)(=O)=O)S(C)(=O)=O)S(C)(=O)=O. The average molecular weight is 967 g/mol. The molecule has 0 radical (unpaired) electrons. The first-order chi connectivity index (χ1) is 23.7. The molecule has 9 atom stereocenters. The van der Waals surface area contributed by atoms with Crippen LogP contribution in [0.3, 0.4) is 0 Å². The van der Waals surface area contributed by atoms with Crippen molar-refractivity contribution < 1.29 is 121 Å². The Morgan fingerprint density at radius 1 is 0.618 bits per heavy atom. The second kappa shape index (κ2) is 13.3. The molecule has 0 aliphatic carbocycles. The molecule has 2 aliphatic heterocycles. The number of aliphatic hydroxyl groups is 7. The maximum Gasteiger partial charge on any atom is 0.327 e. The lowest BCUT2D eigenvalue weighted by atomic mass is 9.94. The lowest BCUT2D eigenvalue weighted by molar-refractivity contribution is -0.427. The quantitative estimate of drug-likeness (QED) is 0.0795. The van der Waals surface area contributed by atoms with E-state index in [1.807, 2.05) is 0 Å². The third-order valence-electron chi connectivity index (χ3n) is 8.54. The van der Waals surface area contributed by atoms with Crippen LogP contribution in [-0.2, 0) is 97.4 Å². The normalized spacial score (nSPS) is 37.8. The Kier molecular flexibility index (Phi) is 12.2. The standard InChI is InChI=1S/C20H38O27S8/c1-48(28,29)15(25)16(26,49(2,30)31)20(54(7,40)41,45-14(10-22)13(24)12(23)11(9-21)44-14)46-18(51(4,34)35,19(27,52(5,36)37)53(6,38)39)17(15,50(3,32)33)47-55(8,42)43/h11-13,21-27H,9-10H2,1-8H3/t11-,12-,13+,14?,15+,16+,17-,18-,20+/m1/s1. The lowest BCUT2D eigenvalue weighted by Crippen LogP contribution is -2.98. The molecule has 2 saturated heterocycles. The largest absolute Gasteiger partial charge is 0.394 e. The molecule has 0 spiro atoms. The van der Waals surface area contributed by atoms with Crippen LogP contribution in [0, 0.1) is 0 Å². The van der Waals surface area contributed by atoms with Crippen molar-refractivity contribution in [2.75, 3.05) is 63.3 Å². The van der Waals surface area contributed by atoms with E-state index in [-0.39, 0.29) is 6.26 Å². The van der Waals surface area contributed by atoms with Gasteiger partial charge >= 0.3 is 9.38 Å². The number of aliphatic hydroxyl groups excluding tert-OH is 4. The Morgan fingerprint density at radius 3 is 1.25 bits per heavy atom. The molecule has 0 aromatic rings. The van der Waals surface area contributed by atoms with E-state index in [9.17, 15) is 103 Å². The number of sulfone groups is 7. The zero-order valence-corrected chi connectivity index (χ0v) is 35.7. The summed E-state index contributed by atoms with van der Waals surface area (Å²) in [5.74, 6) is -4.12. The van der Waals surface area contributed by atoms with Gasteiger partial charge in [-0.25, -0.2) is 63.1 Å². The highest BCUT2D eigenvalue weighted by atomic mass is 32.3. The molecule has 27 nitrogen and oxygen atoms in total. The van der Waals surface area contributed by atoms with Crippen molar-refractivity contribution in [2.24, 2.45) is 0 Å². The van der Waals surface area contributed by atoms with Crippen LogP contribution in [0.2, 0.25) is 0 Å². The first-order valence-electron chi connectivity index (χ1n) is 13.8. The van der Waals surface area contributed by atoms with E-state index in [0.29, 0.717) is 0 Å².